The Morgan fingerprint density at radius 1 is 1.22 bits per heavy atom. The van der Waals surface area contributed by atoms with Crippen LogP contribution in [0, 0.1) is 19.7 Å². The molecule has 0 fully saturated rings. The van der Waals surface area contributed by atoms with Gasteiger partial charge >= 0.3 is 0 Å². The molecule has 164 valence electrons. The lowest BCUT2D eigenvalue weighted by atomic mass is 10.1. The van der Waals surface area contributed by atoms with E-state index < -0.39 is 5.82 Å². The summed E-state index contributed by atoms with van der Waals surface area (Å²) in [6, 6.07) is 13.4. The minimum atomic E-state index is -0.395. The van der Waals surface area contributed by atoms with E-state index in [1.54, 1.807) is 30.8 Å². The highest BCUT2D eigenvalue weighted by Gasteiger charge is 2.18. The topological polar surface area (TPSA) is 84.8 Å². The number of benzene rings is 2. The Labute approximate surface area is 189 Å². The third-order valence-corrected chi connectivity index (χ3v) is 5.50. The molecule has 2 aromatic heterocycles. The molecule has 4 aromatic rings. The van der Waals surface area contributed by atoms with E-state index in [1.165, 1.54) is 12.1 Å². The summed E-state index contributed by atoms with van der Waals surface area (Å²) in [7, 11) is 1.59. The molecule has 0 radical (unpaired) electrons. The molecule has 0 aliphatic rings. The predicted octanol–water partition coefficient (Wildman–Crippen LogP) is 4.99. The van der Waals surface area contributed by atoms with Crippen LogP contribution < -0.4 is 10.1 Å². The van der Waals surface area contributed by atoms with Crippen molar-refractivity contribution in [3.63, 3.8) is 0 Å². The number of halogens is 2. The SMILES string of the molecule is COc1cccc(-c2cc(C(=O)Nc3c(C)nn(Cc4ccc(F)cc4Cl)c3C)[nH]n2)c1. The van der Waals surface area contributed by atoms with Crippen molar-refractivity contribution in [2.75, 3.05) is 12.4 Å². The molecule has 0 unspecified atom stereocenters. The van der Waals surface area contributed by atoms with Crippen molar-refractivity contribution in [1.29, 1.82) is 0 Å². The number of hydrogen-bond donors (Lipinski definition) is 2. The average molecular weight is 454 g/mol. The molecule has 2 heterocycles. The van der Waals surface area contributed by atoms with Gasteiger partial charge in [-0.25, -0.2) is 4.39 Å². The maximum Gasteiger partial charge on any atom is 0.273 e. The minimum absolute atomic E-state index is 0.316. The summed E-state index contributed by atoms with van der Waals surface area (Å²) in [5.74, 6) is -0.0263. The van der Waals surface area contributed by atoms with E-state index in [0.29, 0.717) is 40.1 Å². The first kappa shape index (κ1) is 21.6. The fourth-order valence-corrected chi connectivity index (χ4v) is 3.62. The Kier molecular flexibility index (Phi) is 5.96. The van der Waals surface area contributed by atoms with Gasteiger partial charge in [-0.05, 0) is 49.7 Å². The highest BCUT2D eigenvalue weighted by Crippen LogP contribution is 2.25. The maximum atomic E-state index is 13.3. The summed E-state index contributed by atoms with van der Waals surface area (Å²) in [6.45, 7) is 4.01. The van der Waals surface area contributed by atoms with Gasteiger partial charge in [0.15, 0.2) is 0 Å². The number of hydrogen-bond acceptors (Lipinski definition) is 4. The molecule has 2 N–H and O–H groups in total. The smallest absolute Gasteiger partial charge is 0.273 e. The minimum Gasteiger partial charge on any atom is -0.497 e. The molecule has 0 saturated heterocycles. The number of anilines is 1. The number of carbonyl (C=O) groups excluding carboxylic acids is 1. The third-order valence-electron chi connectivity index (χ3n) is 5.14. The first-order valence-corrected chi connectivity index (χ1v) is 10.2. The van der Waals surface area contributed by atoms with Crippen molar-refractivity contribution in [2.45, 2.75) is 20.4 Å². The van der Waals surface area contributed by atoms with Crippen LogP contribution >= 0.6 is 11.6 Å². The number of nitrogens with one attached hydrogen (secondary N) is 2. The number of methoxy groups -OCH3 is 1. The summed E-state index contributed by atoms with van der Waals surface area (Å²) in [5.41, 5.74) is 4.51. The largest absolute Gasteiger partial charge is 0.497 e. The van der Waals surface area contributed by atoms with Gasteiger partial charge in [-0.2, -0.15) is 10.2 Å². The zero-order valence-electron chi connectivity index (χ0n) is 17.7. The molecule has 2 aromatic carbocycles. The molecule has 9 heteroatoms. The van der Waals surface area contributed by atoms with Crippen molar-refractivity contribution in [3.05, 3.63) is 82.0 Å². The number of nitrogens with zero attached hydrogens (tertiary/aromatic N) is 3. The second kappa shape index (κ2) is 8.84. The van der Waals surface area contributed by atoms with Crippen molar-refractivity contribution in [1.82, 2.24) is 20.0 Å². The van der Waals surface area contributed by atoms with Crippen LogP contribution in [0.1, 0.15) is 27.4 Å². The standard InChI is InChI=1S/C23H21ClFN5O2/c1-13-22(14(2)30(29-13)12-16-7-8-17(25)10-19(16)24)26-23(31)21-11-20(27-28-21)15-5-4-6-18(9-15)32-3/h4-11H,12H2,1-3H3,(H,26,31)(H,27,28). The van der Waals surface area contributed by atoms with Crippen LogP contribution in [0.25, 0.3) is 11.3 Å². The summed E-state index contributed by atoms with van der Waals surface area (Å²) >= 11 is 6.14. The van der Waals surface area contributed by atoms with Crippen molar-refractivity contribution in [3.8, 4) is 17.0 Å². The molecule has 7 nitrogen and oxygen atoms in total. The first-order chi connectivity index (χ1) is 15.4. The molecule has 0 atom stereocenters. The lowest BCUT2D eigenvalue weighted by Gasteiger charge is -2.08. The monoisotopic (exact) mass is 453 g/mol. The van der Waals surface area contributed by atoms with E-state index in [1.807, 2.05) is 31.2 Å². The molecular weight excluding hydrogens is 433 g/mol. The first-order valence-electron chi connectivity index (χ1n) is 9.85. The molecule has 1 amide bonds. The zero-order chi connectivity index (χ0) is 22.8. The number of aromatic nitrogens is 4. The number of aromatic amines is 1. The van der Waals surface area contributed by atoms with Gasteiger partial charge in [-0.1, -0.05) is 29.8 Å². The van der Waals surface area contributed by atoms with Crippen LogP contribution in [-0.4, -0.2) is 33.0 Å². The highest BCUT2D eigenvalue weighted by atomic mass is 35.5. The van der Waals surface area contributed by atoms with E-state index in [4.69, 9.17) is 16.3 Å². The van der Waals surface area contributed by atoms with Crippen molar-refractivity contribution < 1.29 is 13.9 Å². The Morgan fingerprint density at radius 2 is 2.03 bits per heavy atom. The van der Waals surface area contributed by atoms with Gasteiger partial charge in [-0.15, -0.1) is 0 Å². The Balaban J connectivity index is 1.53. The van der Waals surface area contributed by atoms with Crippen LogP contribution in [0.5, 0.6) is 5.75 Å². The van der Waals surface area contributed by atoms with Gasteiger partial charge in [-0.3, -0.25) is 14.6 Å². The van der Waals surface area contributed by atoms with E-state index in [-0.39, 0.29) is 5.91 Å². The fourth-order valence-electron chi connectivity index (χ4n) is 3.39. The zero-order valence-corrected chi connectivity index (χ0v) is 18.5. The normalized spacial score (nSPS) is 10.9. The van der Waals surface area contributed by atoms with Gasteiger partial charge in [0.2, 0.25) is 0 Å². The van der Waals surface area contributed by atoms with E-state index in [0.717, 1.165) is 16.8 Å². The third kappa shape index (κ3) is 4.36. The van der Waals surface area contributed by atoms with Crippen LogP contribution in [0.2, 0.25) is 5.02 Å². The molecule has 0 spiro atoms. The van der Waals surface area contributed by atoms with Crippen LogP contribution in [-0.2, 0) is 6.54 Å². The molecule has 32 heavy (non-hydrogen) atoms. The van der Waals surface area contributed by atoms with E-state index in [9.17, 15) is 9.18 Å². The fraction of sp³-hybridized carbons (Fsp3) is 0.174. The van der Waals surface area contributed by atoms with Crippen molar-refractivity contribution >= 4 is 23.2 Å². The summed E-state index contributed by atoms with van der Waals surface area (Å²) in [6.07, 6.45) is 0. The molecular formula is C23H21ClFN5O2. The summed E-state index contributed by atoms with van der Waals surface area (Å²) in [4.78, 5) is 12.8. The molecule has 0 aliphatic heterocycles. The Hall–Kier alpha value is -3.65. The van der Waals surface area contributed by atoms with E-state index in [2.05, 4.69) is 20.6 Å². The van der Waals surface area contributed by atoms with Gasteiger partial charge in [0.05, 0.1) is 36.4 Å². The Morgan fingerprint density at radius 3 is 2.78 bits per heavy atom. The Bertz CT molecular complexity index is 1300. The van der Waals surface area contributed by atoms with Crippen LogP contribution in [0.4, 0.5) is 10.1 Å². The number of carbonyl (C=O) groups is 1. The number of ether oxygens (including phenoxy) is 1. The highest BCUT2D eigenvalue weighted by molar-refractivity contribution is 6.31. The number of H-pyrrole nitrogens is 1. The van der Waals surface area contributed by atoms with Crippen LogP contribution in [0.15, 0.2) is 48.5 Å². The maximum absolute atomic E-state index is 13.3. The number of amides is 1. The van der Waals surface area contributed by atoms with Gasteiger partial charge in [0.25, 0.3) is 5.91 Å². The average Bonchev–Trinajstić information content (AvgIpc) is 3.37. The second-order valence-corrected chi connectivity index (χ2v) is 7.70. The lowest BCUT2D eigenvalue weighted by molar-refractivity contribution is 0.102. The number of rotatable bonds is 6. The molecule has 0 saturated carbocycles. The van der Waals surface area contributed by atoms with E-state index >= 15 is 0 Å². The summed E-state index contributed by atoms with van der Waals surface area (Å²) < 4.78 is 20.3. The summed E-state index contributed by atoms with van der Waals surface area (Å²) in [5, 5.41) is 14.7. The lowest BCUT2D eigenvalue weighted by Crippen LogP contribution is -2.14. The second-order valence-electron chi connectivity index (χ2n) is 7.29. The predicted molar refractivity (Wildman–Crippen MR) is 121 cm³/mol. The van der Waals surface area contributed by atoms with Crippen LogP contribution in [0.3, 0.4) is 0 Å². The van der Waals surface area contributed by atoms with Gasteiger partial charge in [0.1, 0.15) is 17.3 Å². The number of aryl methyl sites for hydroxylation is 1. The molecule has 4 rings (SSSR count). The van der Waals surface area contributed by atoms with Crippen molar-refractivity contribution in [2.24, 2.45) is 0 Å². The molecule has 0 bridgehead atoms. The molecule has 0 aliphatic carbocycles. The quantitative estimate of drug-likeness (QED) is 0.430. The van der Waals surface area contributed by atoms with Gasteiger partial charge < -0.3 is 10.1 Å². The van der Waals surface area contributed by atoms with Gasteiger partial charge in [0, 0.05) is 10.6 Å².